The molecule has 11 heavy (non-hydrogen) atoms. The van der Waals surface area contributed by atoms with Crippen molar-refractivity contribution < 1.29 is 14.5 Å². The Balaban J connectivity index is 3.01. The molecule has 0 bridgehead atoms. The molecule has 0 radical (unpaired) electrons. The molecular weight excluding hydrogens is 148 g/mol. The number of hydrogen-bond acceptors (Lipinski definition) is 5. The molecule has 0 saturated carbocycles. The van der Waals surface area contributed by atoms with E-state index in [9.17, 15) is 4.79 Å². The second-order valence-corrected chi connectivity index (χ2v) is 1.57. The third kappa shape index (κ3) is 6.98. The van der Waals surface area contributed by atoms with E-state index >= 15 is 0 Å². The van der Waals surface area contributed by atoms with E-state index in [1.807, 2.05) is 0 Å². The van der Waals surface area contributed by atoms with Crippen molar-refractivity contribution in [1.29, 1.82) is 0 Å². The van der Waals surface area contributed by atoms with Crippen molar-refractivity contribution in [1.82, 2.24) is 11.0 Å². The van der Waals surface area contributed by atoms with Gasteiger partial charge < -0.3 is 9.68 Å². The van der Waals surface area contributed by atoms with Gasteiger partial charge in [0.15, 0.2) is 0 Å². The highest BCUT2D eigenvalue weighted by molar-refractivity contribution is 5.80. The van der Waals surface area contributed by atoms with Crippen molar-refractivity contribution in [3.05, 3.63) is 12.7 Å². The minimum Gasteiger partial charge on any atom is -0.367 e. The normalized spacial score (nSPS) is 9.18. The van der Waals surface area contributed by atoms with Gasteiger partial charge >= 0.3 is 5.97 Å². The van der Waals surface area contributed by atoms with Gasteiger partial charge in [-0.2, -0.15) is 5.48 Å². The van der Waals surface area contributed by atoms with Gasteiger partial charge in [0.25, 0.3) is 0 Å². The van der Waals surface area contributed by atoms with E-state index in [4.69, 9.17) is 4.84 Å². The highest BCUT2D eigenvalue weighted by Gasteiger charge is 1.92. The van der Waals surface area contributed by atoms with Crippen LogP contribution in [0.15, 0.2) is 12.7 Å². The Morgan fingerprint density at radius 3 is 3.00 bits per heavy atom. The molecule has 0 heterocycles. The predicted octanol–water partition coefficient (Wildman–Crippen LogP) is -0.629. The topological polar surface area (TPSA) is 59.6 Å². The number of nitrogens with one attached hydrogen (secondary N) is 2. The molecule has 0 aromatic heterocycles. The van der Waals surface area contributed by atoms with Crippen LogP contribution in [0.3, 0.4) is 0 Å². The van der Waals surface area contributed by atoms with Crippen LogP contribution >= 0.6 is 0 Å². The second-order valence-electron chi connectivity index (χ2n) is 1.57. The Morgan fingerprint density at radius 1 is 1.73 bits per heavy atom. The summed E-state index contributed by atoms with van der Waals surface area (Å²) < 4.78 is 0. The van der Waals surface area contributed by atoms with Crippen molar-refractivity contribution in [2.45, 2.75) is 0 Å². The lowest BCUT2D eigenvalue weighted by Gasteiger charge is -2.02. The molecule has 0 aliphatic carbocycles. The fourth-order valence-electron chi connectivity index (χ4n) is 0.359. The van der Waals surface area contributed by atoms with Gasteiger partial charge in [-0.15, -0.1) is 0 Å². The fourth-order valence-corrected chi connectivity index (χ4v) is 0.359. The highest BCUT2D eigenvalue weighted by Crippen LogP contribution is 1.72. The molecule has 0 saturated heterocycles. The van der Waals surface area contributed by atoms with Crippen molar-refractivity contribution in [2.24, 2.45) is 0 Å². The molecule has 0 aliphatic heterocycles. The van der Waals surface area contributed by atoms with Crippen molar-refractivity contribution in [2.75, 3.05) is 20.2 Å². The van der Waals surface area contributed by atoms with Crippen LogP contribution in [-0.2, 0) is 14.5 Å². The lowest BCUT2D eigenvalue weighted by molar-refractivity contribution is -0.145. The molecule has 2 N–H and O–H groups in total. The second kappa shape index (κ2) is 7.20. The predicted molar refractivity (Wildman–Crippen MR) is 39.3 cm³/mol. The van der Waals surface area contributed by atoms with Gasteiger partial charge in [-0.25, -0.2) is 10.3 Å². The molecule has 0 fully saturated rings. The number of hydrogen-bond donors (Lipinski definition) is 2. The minimum absolute atomic E-state index is 0.418. The van der Waals surface area contributed by atoms with Gasteiger partial charge in [0, 0.05) is 13.1 Å². The number of carbonyl (C=O) groups excluding carboxylic acids is 1. The van der Waals surface area contributed by atoms with Gasteiger partial charge in [0.2, 0.25) is 0 Å². The van der Waals surface area contributed by atoms with Crippen LogP contribution in [0.5, 0.6) is 0 Å². The summed E-state index contributed by atoms with van der Waals surface area (Å²) in [5.74, 6) is -0.505. The summed E-state index contributed by atoms with van der Waals surface area (Å²) in [5.41, 5.74) is 4.85. The van der Waals surface area contributed by atoms with Gasteiger partial charge in [0.05, 0.1) is 13.2 Å². The standard InChI is InChI=1S/C6H12N2O3/c1-3-6(9)11-8-4-5-10-7-2/h3,7-8H,1,4-5H2,2H3. The van der Waals surface area contributed by atoms with Crippen LogP contribution in [0.4, 0.5) is 0 Å². The van der Waals surface area contributed by atoms with Gasteiger partial charge in [-0.1, -0.05) is 6.58 Å². The van der Waals surface area contributed by atoms with E-state index < -0.39 is 5.97 Å². The zero-order valence-electron chi connectivity index (χ0n) is 6.42. The Hall–Kier alpha value is -0.910. The molecule has 0 rings (SSSR count). The zero-order valence-corrected chi connectivity index (χ0v) is 6.42. The molecule has 0 spiro atoms. The smallest absolute Gasteiger partial charge is 0.348 e. The highest BCUT2D eigenvalue weighted by atomic mass is 16.7. The van der Waals surface area contributed by atoms with E-state index in [0.717, 1.165) is 6.08 Å². The van der Waals surface area contributed by atoms with E-state index in [2.05, 4.69) is 22.4 Å². The number of hydroxylamine groups is 2. The Labute approximate surface area is 65.3 Å². The Morgan fingerprint density at radius 2 is 2.45 bits per heavy atom. The molecule has 0 aromatic carbocycles. The lowest BCUT2D eigenvalue weighted by Crippen LogP contribution is -2.24. The Kier molecular flexibility index (Phi) is 6.60. The third-order valence-corrected chi connectivity index (χ3v) is 0.790. The van der Waals surface area contributed by atoms with Gasteiger partial charge in [-0.3, -0.25) is 0 Å². The zero-order chi connectivity index (χ0) is 8.53. The molecule has 5 nitrogen and oxygen atoms in total. The molecular formula is C6H12N2O3. The molecule has 0 unspecified atom stereocenters. The molecule has 0 aliphatic rings. The SMILES string of the molecule is C=CC(=O)ONCCONC. The summed E-state index contributed by atoms with van der Waals surface area (Å²) in [6.07, 6.45) is 1.08. The summed E-state index contributed by atoms with van der Waals surface area (Å²) in [5, 5.41) is 0. The minimum atomic E-state index is -0.505. The van der Waals surface area contributed by atoms with Gasteiger partial charge in [0.1, 0.15) is 0 Å². The van der Waals surface area contributed by atoms with Crippen LogP contribution in [0.1, 0.15) is 0 Å². The summed E-state index contributed by atoms with van der Waals surface area (Å²) in [6.45, 7) is 4.07. The largest absolute Gasteiger partial charge is 0.367 e. The summed E-state index contributed by atoms with van der Waals surface area (Å²) >= 11 is 0. The van der Waals surface area contributed by atoms with E-state index in [1.54, 1.807) is 7.05 Å². The molecule has 0 amide bonds. The first-order chi connectivity index (χ1) is 5.31. The van der Waals surface area contributed by atoms with Crippen LogP contribution < -0.4 is 11.0 Å². The molecule has 64 valence electrons. The van der Waals surface area contributed by atoms with Crippen LogP contribution in [0.25, 0.3) is 0 Å². The average molecular weight is 160 g/mol. The van der Waals surface area contributed by atoms with Crippen molar-refractivity contribution >= 4 is 5.97 Å². The maximum atomic E-state index is 10.4. The van der Waals surface area contributed by atoms with E-state index in [1.165, 1.54) is 0 Å². The van der Waals surface area contributed by atoms with E-state index in [0.29, 0.717) is 13.2 Å². The summed E-state index contributed by atoms with van der Waals surface area (Å²) in [4.78, 5) is 19.5. The summed E-state index contributed by atoms with van der Waals surface area (Å²) in [7, 11) is 1.65. The van der Waals surface area contributed by atoms with Crippen LogP contribution in [0.2, 0.25) is 0 Å². The van der Waals surface area contributed by atoms with Crippen molar-refractivity contribution in [3.63, 3.8) is 0 Å². The van der Waals surface area contributed by atoms with Crippen molar-refractivity contribution in [3.8, 4) is 0 Å². The first-order valence-electron chi connectivity index (χ1n) is 3.16. The third-order valence-electron chi connectivity index (χ3n) is 0.790. The van der Waals surface area contributed by atoms with Gasteiger partial charge in [-0.05, 0) is 0 Å². The quantitative estimate of drug-likeness (QED) is 0.308. The number of carbonyl (C=O) groups is 1. The Bertz CT molecular complexity index is 127. The van der Waals surface area contributed by atoms with Crippen LogP contribution in [0, 0.1) is 0 Å². The molecule has 0 aromatic rings. The fraction of sp³-hybridized carbons (Fsp3) is 0.500. The lowest BCUT2D eigenvalue weighted by atomic mass is 10.7. The maximum Gasteiger partial charge on any atom is 0.348 e. The summed E-state index contributed by atoms with van der Waals surface area (Å²) in [6, 6.07) is 0. The first-order valence-corrected chi connectivity index (χ1v) is 3.16. The molecule has 5 heteroatoms. The first kappa shape index (κ1) is 10.1. The number of rotatable bonds is 6. The molecule has 0 atom stereocenters. The van der Waals surface area contributed by atoms with Crippen LogP contribution in [-0.4, -0.2) is 26.2 Å². The maximum absolute atomic E-state index is 10.4. The van der Waals surface area contributed by atoms with E-state index in [-0.39, 0.29) is 0 Å². The monoisotopic (exact) mass is 160 g/mol. The average Bonchev–Trinajstić information content (AvgIpc) is 2.04.